The lowest BCUT2D eigenvalue weighted by Gasteiger charge is -2.12. The van der Waals surface area contributed by atoms with E-state index in [0.29, 0.717) is 0 Å². The lowest BCUT2D eigenvalue weighted by atomic mass is 10.1. The highest BCUT2D eigenvalue weighted by atomic mass is 15.3. The zero-order valence-electron chi connectivity index (χ0n) is 11.3. The first-order valence-electron chi connectivity index (χ1n) is 6.44. The number of nitrogens with zero attached hydrogens (tertiary/aromatic N) is 4. The minimum absolute atomic E-state index is 0.0378. The first-order valence-corrected chi connectivity index (χ1v) is 6.44. The molecule has 5 nitrogen and oxygen atoms in total. The van der Waals surface area contributed by atoms with Crippen LogP contribution in [0.15, 0.2) is 18.3 Å². The van der Waals surface area contributed by atoms with Crippen LogP contribution in [0.4, 0.5) is 0 Å². The summed E-state index contributed by atoms with van der Waals surface area (Å²) in [4.78, 5) is 0. The summed E-state index contributed by atoms with van der Waals surface area (Å²) in [5.41, 5.74) is 9.62. The van der Waals surface area contributed by atoms with Crippen molar-refractivity contribution >= 4 is 0 Å². The monoisotopic (exact) mass is 247 g/mol. The number of aromatic nitrogens is 4. The molecule has 0 amide bonds. The number of hydrogen-bond donors (Lipinski definition) is 1. The van der Waals surface area contributed by atoms with Crippen molar-refractivity contribution in [2.45, 2.75) is 39.3 Å². The molecule has 2 rings (SSSR count). The third kappa shape index (κ3) is 2.46. The molecule has 1 unspecified atom stereocenters. The van der Waals surface area contributed by atoms with Gasteiger partial charge in [0.05, 0.1) is 17.4 Å². The minimum Gasteiger partial charge on any atom is -0.322 e. The Kier molecular flexibility index (Phi) is 3.81. The second kappa shape index (κ2) is 5.35. The van der Waals surface area contributed by atoms with E-state index in [-0.39, 0.29) is 6.04 Å². The smallest absolute Gasteiger partial charge is 0.0624 e. The van der Waals surface area contributed by atoms with Gasteiger partial charge in [-0.25, -0.2) is 0 Å². The Morgan fingerprint density at radius 1 is 1.39 bits per heavy atom. The van der Waals surface area contributed by atoms with Crippen molar-refractivity contribution in [3.05, 3.63) is 35.4 Å². The van der Waals surface area contributed by atoms with Gasteiger partial charge in [-0.05, 0) is 25.5 Å². The third-order valence-corrected chi connectivity index (χ3v) is 3.24. The highest BCUT2D eigenvalue weighted by Crippen LogP contribution is 2.16. The molecule has 0 bridgehead atoms. The number of aryl methyl sites for hydroxylation is 3. The minimum atomic E-state index is -0.0378. The summed E-state index contributed by atoms with van der Waals surface area (Å²) >= 11 is 0. The van der Waals surface area contributed by atoms with E-state index in [1.165, 1.54) is 5.69 Å². The Hall–Kier alpha value is -1.62. The van der Waals surface area contributed by atoms with Crippen molar-refractivity contribution in [1.82, 2.24) is 19.6 Å². The van der Waals surface area contributed by atoms with Crippen LogP contribution in [0.25, 0.3) is 0 Å². The van der Waals surface area contributed by atoms with Crippen molar-refractivity contribution in [3.8, 4) is 0 Å². The molecule has 0 fully saturated rings. The zero-order chi connectivity index (χ0) is 13.1. The molecule has 0 spiro atoms. The van der Waals surface area contributed by atoms with E-state index in [1.54, 1.807) is 6.20 Å². The van der Waals surface area contributed by atoms with Crippen LogP contribution < -0.4 is 5.73 Å². The maximum absolute atomic E-state index is 6.24. The van der Waals surface area contributed by atoms with Gasteiger partial charge in [0.2, 0.25) is 0 Å². The fourth-order valence-corrected chi connectivity index (χ4v) is 2.20. The summed E-state index contributed by atoms with van der Waals surface area (Å²) in [5, 5.41) is 8.70. The molecule has 1 atom stereocenters. The van der Waals surface area contributed by atoms with Crippen molar-refractivity contribution in [2.24, 2.45) is 12.8 Å². The molecule has 0 saturated heterocycles. The van der Waals surface area contributed by atoms with E-state index in [1.807, 2.05) is 22.5 Å². The van der Waals surface area contributed by atoms with Crippen molar-refractivity contribution in [2.75, 3.05) is 0 Å². The van der Waals surface area contributed by atoms with Gasteiger partial charge in [0.1, 0.15) is 0 Å². The van der Waals surface area contributed by atoms with Crippen LogP contribution in [-0.4, -0.2) is 19.6 Å². The van der Waals surface area contributed by atoms with Gasteiger partial charge in [-0.15, -0.1) is 0 Å². The van der Waals surface area contributed by atoms with Gasteiger partial charge in [-0.2, -0.15) is 10.2 Å². The SMILES string of the molecule is CCc1cc(CC(N)c2ccnn2C)n(CC)n1. The third-order valence-electron chi connectivity index (χ3n) is 3.24. The van der Waals surface area contributed by atoms with Crippen LogP contribution in [-0.2, 0) is 26.4 Å². The van der Waals surface area contributed by atoms with Gasteiger partial charge in [-0.3, -0.25) is 9.36 Å². The number of nitrogens with two attached hydrogens (primary N) is 1. The van der Waals surface area contributed by atoms with Gasteiger partial charge < -0.3 is 5.73 Å². The maximum atomic E-state index is 6.24. The Morgan fingerprint density at radius 3 is 2.72 bits per heavy atom. The first kappa shape index (κ1) is 12.8. The standard InChI is InChI=1S/C13H21N5/c1-4-10-8-11(18(5-2)16-10)9-12(14)13-6-7-15-17(13)3/h6-8,12H,4-5,9,14H2,1-3H3. The quantitative estimate of drug-likeness (QED) is 0.869. The Labute approximate surface area is 108 Å². The summed E-state index contributed by atoms with van der Waals surface area (Å²) in [6.45, 7) is 5.10. The molecule has 0 aromatic carbocycles. The van der Waals surface area contributed by atoms with Crippen molar-refractivity contribution in [1.29, 1.82) is 0 Å². The largest absolute Gasteiger partial charge is 0.322 e. The second-order valence-corrected chi connectivity index (χ2v) is 4.49. The van der Waals surface area contributed by atoms with Crippen LogP contribution in [0.5, 0.6) is 0 Å². The fraction of sp³-hybridized carbons (Fsp3) is 0.538. The molecule has 2 aromatic rings. The van der Waals surface area contributed by atoms with Gasteiger partial charge in [-0.1, -0.05) is 6.92 Å². The van der Waals surface area contributed by atoms with Gasteiger partial charge in [0, 0.05) is 31.9 Å². The highest BCUT2D eigenvalue weighted by molar-refractivity contribution is 5.15. The average molecular weight is 247 g/mol. The van der Waals surface area contributed by atoms with E-state index >= 15 is 0 Å². The topological polar surface area (TPSA) is 61.7 Å². The van der Waals surface area contributed by atoms with Crippen molar-refractivity contribution in [3.63, 3.8) is 0 Å². The molecule has 18 heavy (non-hydrogen) atoms. The molecule has 0 aliphatic rings. The van der Waals surface area contributed by atoms with Crippen molar-refractivity contribution < 1.29 is 0 Å². The van der Waals surface area contributed by atoms with Gasteiger partial charge in [0.15, 0.2) is 0 Å². The molecule has 0 radical (unpaired) electrons. The van der Waals surface area contributed by atoms with E-state index in [2.05, 4.69) is 30.1 Å². The lowest BCUT2D eigenvalue weighted by molar-refractivity contribution is 0.562. The Bertz CT molecular complexity index is 511. The molecule has 2 aromatic heterocycles. The molecule has 0 aliphatic carbocycles. The highest BCUT2D eigenvalue weighted by Gasteiger charge is 2.14. The average Bonchev–Trinajstić information content (AvgIpc) is 2.95. The van der Waals surface area contributed by atoms with Crippen LogP contribution >= 0.6 is 0 Å². The van der Waals surface area contributed by atoms with E-state index in [4.69, 9.17) is 5.73 Å². The molecule has 98 valence electrons. The van der Waals surface area contributed by atoms with E-state index in [9.17, 15) is 0 Å². The van der Waals surface area contributed by atoms with Gasteiger partial charge in [0.25, 0.3) is 0 Å². The summed E-state index contributed by atoms with van der Waals surface area (Å²) in [7, 11) is 1.92. The number of hydrogen-bond acceptors (Lipinski definition) is 3. The zero-order valence-corrected chi connectivity index (χ0v) is 11.3. The summed E-state index contributed by atoms with van der Waals surface area (Å²) in [5.74, 6) is 0. The Balaban J connectivity index is 2.18. The van der Waals surface area contributed by atoms with Crippen LogP contribution in [0.1, 0.15) is 37.0 Å². The van der Waals surface area contributed by atoms with E-state index in [0.717, 1.165) is 30.8 Å². The molecule has 0 saturated carbocycles. The molecule has 2 N–H and O–H groups in total. The van der Waals surface area contributed by atoms with Crippen LogP contribution in [0.3, 0.4) is 0 Å². The van der Waals surface area contributed by atoms with E-state index < -0.39 is 0 Å². The summed E-state index contributed by atoms with van der Waals surface area (Å²) in [6.07, 6.45) is 3.53. The summed E-state index contributed by atoms with van der Waals surface area (Å²) in [6, 6.07) is 4.09. The fourth-order valence-electron chi connectivity index (χ4n) is 2.20. The predicted octanol–water partition coefficient (Wildman–Crippen LogP) is 1.44. The maximum Gasteiger partial charge on any atom is 0.0624 e. The first-order chi connectivity index (χ1) is 8.65. The molecular weight excluding hydrogens is 226 g/mol. The predicted molar refractivity (Wildman–Crippen MR) is 71.1 cm³/mol. The number of rotatable bonds is 5. The Morgan fingerprint density at radius 2 is 2.17 bits per heavy atom. The molecule has 2 heterocycles. The molecule has 0 aliphatic heterocycles. The van der Waals surface area contributed by atoms with Gasteiger partial charge >= 0.3 is 0 Å². The van der Waals surface area contributed by atoms with Crippen LogP contribution in [0, 0.1) is 0 Å². The summed E-state index contributed by atoms with van der Waals surface area (Å²) < 4.78 is 3.87. The molecular formula is C13H21N5. The lowest BCUT2D eigenvalue weighted by Crippen LogP contribution is -2.19. The normalized spacial score (nSPS) is 12.9. The van der Waals surface area contributed by atoms with Crippen LogP contribution in [0.2, 0.25) is 0 Å². The molecule has 5 heteroatoms. The second-order valence-electron chi connectivity index (χ2n) is 4.49.